The average Bonchev–Trinajstić information content (AvgIpc) is 3.37. The van der Waals surface area contributed by atoms with E-state index in [9.17, 15) is 17.4 Å². The average molecular weight is 499 g/mol. The maximum Gasteiger partial charge on any atom is 0.256 e. The maximum absolute atomic E-state index is 13.1. The molecule has 0 bridgehead atoms. The number of carbonyl (C=O) groups excluding carboxylic acids is 1. The monoisotopic (exact) mass is 498 g/mol. The number of piperidine rings is 1. The number of benzene rings is 2. The number of nitrogens with zero attached hydrogens (tertiary/aromatic N) is 3. The molecule has 0 aliphatic carbocycles. The van der Waals surface area contributed by atoms with Crippen LogP contribution in [-0.2, 0) is 32.3 Å². The zero-order chi connectivity index (χ0) is 23.9. The van der Waals surface area contributed by atoms with Gasteiger partial charge in [0.15, 0.2) is 0 Å². The summed E-state index contributed by atoms with van der Waals surface area (Å²) in [5.41, 5.74) is 3.73. The maximum atomic E-state index is 13.1. The zero-order valence-corrected chi connectivity index (χ0v) is 20.5. The Morgan fingerprint density at radius 1 is 0.971 bits per heavy atom. The summed E-state index contributed by atoms with van der Waals surface area (Å²) in [5, 5.41) is 7.54. The van der Waals surface area contributed by atoms with Gasteiger partial charge in [0.2, 0.25) is 10.0 Å². The molecule has 1 amide bonds. The highest BCUT2D eigenvalue weighted by Crippen LogP contribution is 2.32. The van der Waals surface area contributed by atoms with Crippen molar-refractivity contribution in [3.63, 3.8) is 0 Å². The van der Waals surface area contributed by atoms with Crippen LogP contribution >= 0.6 is 0 Å². The summed E-state index contributed by atoms with van der Waals surface area (Å²) >= 11 is 0. The van der Waals surface area contributed by atoms with Crippen molar-refractivity contribution in [2.45, 2.75) is 42.6 Å². The first-order chi connectivity index (χ1) is 16.3. The molecule has 1 fully saturated rings. The Balaban J connectivity index is 1.41. The summed E-state index contributed by atoms with van der Waals surface area (Å²) < 4.78 is 41.1. The predicted octanol–water partition coefficient (Wildman–Crippen LogP) is 3.37. The normalized spacial score (nSPS) is 18.6. The minimum Gasteiger partial charge on any atom is -0.306 e. The van der Waals surface area contributed by atoms with Crippen LogP contribution in [0.1, 0.15) is 46.4 Å². The molecule has 34 heavy (non-hydrogen) atoms. The standard InChI is InChI=1S/C24H26N4O4S2/c1-17-5-9-19(10-6-17)28-23(21-15-33(30)16-22(21)26-28)25-24(29)18-7-11-20(12-8-18)34(31,32)27-13-3-2-4-14-27/h5-12H,2-4,13-16H2,1H3,(H,25,29)/t33-/m0/s1. The van der Waals surface area contributed by atoms with Gasteiger partial charge in [-0.3, -0.25) is 9.00 Å². The number of fused-ring (bicyclic) bond motifs is 1. The van der Waals surface area contributed by atoms with Crippen LogP contribution in [0.15, 0.2) is 53.4 Å². The molecule has 178 valence electrons. The van der Waals surface area contributed by atoms with E-state index >= 15 is 0 Å². The second-order valence-corrected chi connectivity index (χ2v) is 12.1. The molecule has 3 aromatic rings. The lowest BCUT2D eigenvalue weighted by Crippen LogP contribution is -2.35. The topological polar surface area (TPSA) is 101 Å². The molecule has 0 saturated carbocycles. The smallest absolute Gasteiger partial charge is 0.256 e. The molecule has 3 heterocycles. The van der Waals surface area contributed by atoms with Crippen LogP contribution in [0.5, 0.6) is 0 Å². The number of anilines is 1. The quantitative estimate of drug-likeness (QED) is 0.581. The van der Waals surface area contributed by atoms with E-state index < -0.39 is 20.8 Å². The van der Waals surface area contributed by atoms with Crippen molar-refractivity contribution >= 4 is 32.5 Å². The number of carbonyl (C=O) groups is 1. The Bertz CT molecular complexity index is 1360. The lowest BCUT2D eigenvalue weighted by Gasteiger charge is -2.25. The van der Waals surface area contributed by atoms with E-state index in [4.69, 9.17) is 0 Å². The van der Waals surface area contributed by atoms with Crippen molar-refractivity contribution in [1.29, 1.82) is 0 Å². The third-order valence-electron chi connectivity index (χ3n) is 6.25. The van der Waals surface area contributed by atoms with Gasteiger partial charge in [-0.05, 0) is 56.2 Å². The highest BCUT2D eigenvalue weighted by molar-refractivity contribution is 7.89. The Labute approximate surface area is 201 Å². The van der Waals surface area contributed by atoms with E-state index in [2.05, 4.69) is 10.4 Å². The number of nitrogens with one attached hydrogen (secondary N) is 1. The van der Waals surface area contributed by atoms with Gasteiger partial charge >= 0.3 is 0 Å². The summed E-state index contributed by atoms with van der Waals surface area (Å²) in [6, 6.07) is 13.8. The third kappa shape index (κ3) is 4.33. The van der Waals surface area contributed by atoms with Gasteiger partial charge in [0.05, 0.1) is 27.8 Å². The number of aromatic nitrogens is 2. The Kier molecular flexibility index (Phi) is 6.13. The SMILES string of the molecule is Cc1ccc(-n2nc3c(c2NC(=O)c2ccc(S(=O)(=O)N4CCCCC4)cc2)C[S@](=O)C3)cc1. The van der Waals surface area contributed by atoms with Crippen molar-refractivity contribution in [1.82, 2.24) is 14.1 Å². The molecular weight excluding hydrogens is 472 g/mol. The molecule has 2 aliphatic heterocycles. The molecule has 2 aliphatic rings. The zero-order valence-electron chi connectivity index (χ0n) is 18.9. The van der Waals surface area contributed by atoms with E-state index in [1.807, 2.05) is 31.2 Å². The fraction of sp³-hybridized carbons (Fsp3) is 0.333. The van der Waals surface area contributed by atoms with Gasteiger partial charge in [0.1, 0.15) is 5.82 Å². The highest BCUT2D eigenvalue weighted by atomic mass is 32.2. The van der Waals surface area contributed by atoms with Gasteiger partial charge in [-0.15, -0.1) is 0 Å². The number of amides is 1. The highest BCUT2D eigenvalue weighted by Gasteiger charge is 2.29. The molecule has 1 atom stereocenters. The minimum absolute atomic E-state index is 0.187. The van der Waals surface area contributed by atoms with E-state index in [0.29, 0.717) is 36.0 Å². The Hall–Kier alpha value is -2.82. The van der Waals surface area contributed by atoms with Crippen LogP contribution in [-0.4, -0.2) is 45.7 Å². The predicted molar refractivity (Wildman–Crippen MR) is 131 cm³/mol. The molecule has 0 radical (unpaired) electrons. The molecule has 1 N–H and O–H groups in total. The molecule has 5 rings (SSSR count). The number of sulfonamides is 1. The van der Waals surface area contributed by atoms with Gasteiger partial charge < -0.3 is 5.32 Å². The van der Waals surface area contributed by atoms with Crippen LogP contribution in [0.2, 0.25) is 0 Å². The van der Waals surface area contributed by atoms with Gasteiger partial charge in [-0.2, -0.15) is 9.40 Å². The fourth-order valence-corrected chi connectivity index (χ4v) is 7.12. The van der Waals surface area contributed by atoms with E-state index in [1.165, 1.54) is 28.6 Å². The first kappa shape index (κ1) is 22.9. The molecule has 10 heteroatoms. The number of hydrogen-bond donors (Lipinski definition) is 1. The van der Waals surface area contributed by atoms with Crippen LogP contribution in [0.3, 0.4) is 0 Å². The Morgan fingerprint density at radius 2 is 1.65 bits per heavy atom. The van der Waals surface area contributed by atoms with Crippen molar-refractivity contribution in [2.24, 2.45) is 0 Å². The molecule has 2 aromatic carbocycles. The number of rotatable bonds is 5. The number of aryl methyl sites for hydroxylation is 1. The van der Waals surface area contributed by atoms with Crippen LogP contribution in [0, 0.1) is 6.92 Å². The van der Waals surface area contributed by atoms with Crippen LogP contribution < -0.4 is 5.32 Å². The summed E-state index contributed by atoms with van der Waals surface area (Å²) in [5.74, 6) is 0.819. The van der Waals surface area contributed by atoms with Gasteiger partial charge in [-0.1, -0.05) is 24.1 Å². The fourth-order valence-electron chi connectivity index (χ4n) is 4.34. The second kappa shape index (κ2) is 9.09. The second-order valence-electron chi connectivity index (χ2n) is 8.69. The van der Waals surface area contributed by atoms with Gasteiger partial charge in [0, 0.05) is 35.0 Å². The van der Waals surface area contributed by atoms with Gasteiger partial charge in [-0.25, -0.2) is 13.1 Å². The molecular formula is C24H26N4O4S2. The lowest BCUT2D eigenvalue weighted by atomic mass is 10.2. The van der Waals surface area contributed by atoms with Crippen LogP contribution in [0.25, 0.3) is 5.69 Å². The van der Waals surface area contributed by atoms with Crippen molar-refractivity contribution in [3.05, 3.63) is 70.9 Å². The molecule has 8 nitrogen and oxygen atoms in total. The Morgan fingerprint density at radius 3 is 2.32 bits per heavy atom. The van der Waals surface area contributed by atoms with Crippen LogP contribution in [0.4, 0.5) is 5.82 Å². The van der Waals surface area contributed by atoms with E-state index in [0.717, 1.165) is 41.8 Å². The first-order valence-electron chi connectivity index (χ1n) is 11.3. The van der Waals surface area contributed by atoms with Crippen molar-refractivity contribution in [2.75, 3.05) is 18.4 Å². The van der Waals surface area contributed by atoms with Crippen molar-refractivity contribution < 1.29 is 17.4 Å². The summed E-state index contributed by atoms with van der Waals surface area (Å²) in [6.07, 6.45) is 2.77. The third-order valence-corrected chi connectivity index (χ3v) is 9.37. The summed E-state index contributed by atoms with van der Waals surface area (Å²) in [4.78, 5) is 13.3. The lowest BCUT2D eigenvalue weighted by molar-refractivity contribution is 0.102. The molecule has 0 spiro atoms. The van der Waals surface area contributed by atoms with E-state index in [1.54, 1.807) is 4.68 Å². The summed E-state index contributed by atoms with van der Waals surface area (Å²) in [7, 11) is -4.60. The van der Waals surface area contributed by atoms with Crippen molar-refractivity contribution in [3.8, 4) is 5.69 Å². The first-order valence-corrected chi connectivity index (χ1v) is 14.2. The van der Waals surface area contributed by atoms with E-state index in [-0.39, 0.29) is 10.8 Å². The molecule has 1 saturated heterocycles. The molecule has 0 unspecified atom stereocenters. The minimum atomic E-state index is -3.56. The largest absolute Gasteiger partial charge is 0.306 e. The molecule has 1 aromatic heterocycles. The summed E-state index contributed by atoms with van der Waals surface area (Å²) in [6.45, 7) is 3.05. The number of hydrogen-bond acceptors (Lipinski definition) is 5. The van der Waals surface area contributed by atoms with Gasteiger partial charge in [0.25, 0.3) is 5.91 Å².